The summed E-state index contributed by atoms with van der Waals surface area (Å²) in [7, 11) is 0. The van der Waals surface area contributed by atoms with Gasteiger partial charge in [0.15, 0.2) is 11.5 Å². The van der Waals surface area contributed by atoms with Crippen molar-refractivity contribution in [3.63, 3.8) is 0 Å². The first-order valence-corrected chi connectivity index (χ1v) is 9.56. The highest BCUT2D eigenvalue weighted by Gasteiger charge is 2.13. The van der Waals surface area contributed by atoms with Gasteiger partial charge in [-0.1, -0.05) is 18.2 Å². The van der Waals surface area contributed by atoms with Gasteiger partial charge in [-0.2, -0.15) is 4.98 Å². The zero-order valence-electron chi connectivity index (χ0n) is 16.0. The van der Waals surface area contributed by atoms with Crippen molar-refractivity contribution in [2.75, 3.05) is 24.0 Å². The van der Waals surface area contributed by atoms with E-state index in [2.05, 4.69) is 50.0 Å². The number of aromatic nitrogens is 3. The Labute approximate surface area is 168 Å². The fourth-order valence-corrected chi connectivity index (χ4v) is 3.48. The Kier molecular flexibility index (Phi) is 4.40. The van der Waals surface area contributed by atoms with Crippen LogP contribution in [0.4, 0.5) is 17.5 Å². The number of H-pyrrole nitrogens is 1. The molecule has 2 aromatic heterocycles. The summed E-state index contributed by atoms with van der Waals surface area (Å²) >= 11 is 0. The molecule has 29 heavy (non-hydrogen) atoms. The minimum Gasteiger partial charge on any atom is -0.454 e. The first kappa shape index (κ1) is 17.4. The fraction of sp³-hybridized carbons (Fsp3) is 0.182. The van der Waals surface area contributed by atoms with Crippen LogP contribution in [0, 0.1) is 6.92 Å². The highest BCUT2D eigenvalue weighted by atomic mass is 16.7. The van der Waals surface area contributed by atoms with Gasteiger partial charge >= 0.3 is 0 Å². The van der Waals surface area contributed by atoms with Crippen molar-refractivity contribution >= 4 is 28.4 Å². The van der Waals surface area contributed by atoms with Crippen LogP contribution in [-0.2, 0) is 6.42 Å². The molecular formula is C22H21N5O2. The number of fused-ring (bicyclic) bond motifs is 2. The van der Waals surface area contributed by atoms with E-state index in [0.717, 1.165) is 47.2 Å². The molecular weight excluding hydrogens is 366 g/mol. The molecule has 0 atom stereocenters. The van der Waals surface area contributed by atoms with Crippen LogP contribution < -0.4 is 20.1 Å². The molecule has 3 heterocycles. The molecule has 1 aliphatic heterocycles. The van der Waals surface area contributed by atoms with Crippen molar-refractivity contribution in [1.29, 1.82) is 0 Å². The summed E-state index contributed by atoms with van der Waals surface area (Å²) in [5.74, 6) is 2.82. The maximum atomic E-state index is 5.43. The average Bonchev–Trinajstić information content (AvgIpc) is 3.34. The summed E-state index contributed by atoms with van der Waals surface area (Å²) in [5, 5.41) is 7.90. The van der Waals surface area contributed by atoms with Gasteiger partial charge < -0.3 is 25.1 Å². The van der Waals surface area contributed by atoms with E-state index in [9.17, 15) is 0 Å². The topological polar surface area (TPSA) is 84.1 Å². The number of aryl methyl sites for hydroxylation is 1. The molecule has 7 nitrogen and oxygen atoms in total. The maximum absolute atomic E-state index is 5.43. The van der Waals surface area contributed by atoms with Gasteiger partial charge in [0.1, 0.15) is 5.82 Å². The summed E-state index contributed by atoms with van der Waals surface area (Å²) in [6, 6.07) is 16.0. The number of ether oxygens (including phenoxy) is 2. The summed E-state index contributed by atoms with van der Waals surface area (Å²) in [5.41, 5.74) is 4.21. The highest BCUT2D eigenvalue weighted by molar-refractivity contribution is 5.83. The minimum absolute atomic E-state index is 0.260. The lowest BCUT2D eigenvalue weighted by Crippen LogP contribution is -2.09. The number of nitrogens with one attached hydrogen (secondary N) is 3. The van der Waals surface area contributed by atoms with E-state index in [4.69, 9.17) is 9.47 Å². The zero-order valence-corrected chi connectivity index (χ0v) is 16.0. The molecule has 0 unspecified atom stereocenters. The average molecular weight is 387 g/mol. The van der Waals surface area contributed by atoms with Crippen molar-refractivity contribution in [2.24, 2.45) is 0 Å². The Hall–Kier alpha value is -3.74. The number of benzene rings is 2. The Morgan fingerprint density at radius 1 is 1.03 bits per heavy atom. The third kappa shape index (κ3) is 3.67. The van der Waals surface area contributed by atoms with Gasteiger partial charge in [0.05, 0.1) is 0 Å². The van der Waals surface area contributed by atoms with E-state index in [1.807, 2.05) is 37.3 Å². The van der Waals surface area contributed by atoms with Crippen LogP contribution in [0.2, 0.25) is 0 Å². The molecule has 0 spiro atoms. The second-order valence-corrected chi connectivity index (χ2v) is 6.95. The first-order valence-electron chi connectivity index (χ1n) is 9.56. The van der Waals surface area contributed by atoms with E-state index in [0.29, 0.717) is 5.95 Å². The van der Waals surface area contributed by atoms with Gasteiger partial charge in [-0.15, -0.1) is 0 Å². The van der Waals surface area contributed by atoms with Crippen LogP contribution >= 0.6 is 0 Å². The Morgan fingerprint density at radius 2 is 1.93 bits per heavy atom. The molecule has 1 aliphatic rings. The van der Waals surface area contributed by atoms with Gasteiger partial charge in [0, 0.05) is 47.2 Å². The van der Waals surface area contributed by atoms with Crippen molar-refractivity contribution in [1.82, 2.24) is 15.0 Å². The van der Waals surface area contributed by atoms with Crippen molar-refractivity contribution in [3.05, 3.63) is 66.0 Å². The lowest BCUT2D eigenvalue weighted by molar-refractivity contribution is 0.174. The maximum Gasteiger partial charge on any atom is 0.231 e. The number of para-hydroxylation sites is 1. The van der Waals surface area contributed by atoms with E-state index in [1.54, 1.807) is 0 Å². The van der Waals surface area contributed by atoms with Gasteiger partial charge in [-0.3, -0.25) is 0 Å². The van der Waals surface area contributed by atoms with Crippen LogP contribution in [-0.4, -0.2) is 28.3 Å². The third-order valence-electron chi connectivity index (χ3n) is 4.85. The molecule has 0 aliphatic carbocycles. The normalized spacial score (nSPS) is 12.3. The molecule has 0 saturated carbocycles. The molecule has 0 radical (unpaired) electrons. The van der Waals surface area contributed by atoms with Crippen LogP contribution in [0.1, 0.15) is 11.3 Å². The molecule has 3 N–H and O–H groups in total. The molecule has 146 valence electrons. The Morgan fingerprint density at radius 3 is 2.90 bits per heavy atom. The highest BCUT2D eigenvalue weighted by Crippen LogP contribution is 2.35. The SMILES string of the molecule is Cc1cc(Nc2ccc3c(c2)OCO3)nc(NCCc2c[nH]c3ccccc23)n1. The number of rotatable bonds is 6. The van der Waals surface area contributed by atoms with Crippen LogP contribution in [0.15, 0.2) is 54.7 Å². The summed E-state index contributed by atoms with van der Waals surface area (Å²) in [4.78, 5) is 12.4. The molecule has 0 saturated heterocycles. The number of nitrogens with zero attached hydrogens (tertiary/aromatic N) is 2. The van der Waals surface area contributed by atoms with Crippen molar-refractivity contribution in [3.8, 4) is 11.5 Å². The number of aromatic amines is 1. The quantitative estimate of drug-likeness (QED) is 0.455. The lowest BCUT2D eigenvalue weighted by atomic mass is 10.1. The van der Waals surface area contributed by atoms with Gasteiger partial charge in [0.2, 0.25) is 12.7 Å². The van der Waals surface area contributed by atoms with E-state index in [-0.39, 0.29) is 6.79 Å². The van der Waals surface area contributed by atoms with Crippen molar-refractivity contribution in [2.45, 2.75) is 13.3 Å². The third-order valence-corrected chi connectivity index (χ3v) is 4.85. The number of hydrogen-bond acceptors (Lipinski definition) is 6. The lowest BCUT2D eigenvalue weighted by Gasteiger charge is -2.10. The van der Waals surface area contributed by atoms with E-state index in [1.165, 1.54) is 10.9 Å². The number of anilines is 3. The molecule has 0 fully saturated rings. The first-order chi connectivity index (χ1) is 14.2. The molecule has 4 aromatic rings. The summed E-state index contributed by atoms with van der Waals surface area (Å²) in [6.45, 7) is 2.96. The standard InChI is InChI=1S/C22H21N5O2/c1-14-10-21(26-16-6-7-19-20(11-16)29-13-28-19)27-22(25-14)23-9-8-15-12-24-18-5-3-2-4-17(15)18/h2-7,10-12,24H,8-9,13H2,1H3,(H2,23,25,26,27). The zero-order chi connectivity index (χ0) is 19.6. The minimum atomic E-state index is 0.260. The van der Waals surface area contributed by atoms with Crippen LogP contribution in [0.5, 0.6) is 11.5 Å². The predicted molar refractivity (Wildman–Crippen MR) is 113 cm³/mol. The van der Waals surface area contributed by atoms with Crippen molar-refractivity contribution < 1.29 is 9.47 Å². The van der Waals surface area contributed by atoms with Gasteiger partial charge in [-0.25, -0.2) is 4.98 Å². The largest absolute Gasteiger partial charge is 0.454 e. The predicted octanol–water partition coefficient (Wildman–Crippen LogP) is 4.39. The fourth-order valence-electron chi connectivity index (χ4n) is 3.48. The van der Waals surface area contributed by atoms with E-state index >= 15 is 0 Å². The molecule has 0 amide bonds. The van der Waals surface area contributed by atoms with E-state index < -0.39 is 0 Å². The number of hydrogen-bond donors (Lipinski definition) is 3. The van der Waals surface area contributed by atoms with Gasteiger partial charge in [-0.05, 0) is 37.1 Å². The molecule has 5 rings (SSSR count). The summed E-state index contributed by atoms with van der Waals surface area (Å²) in [6.07, 6.45) is 2.95. The second-order valence-electron chi connectivity index (χ2n) is 6.95. The van der Waals surface area contributed by atoms with Gasteiger partial charge in [0.25, 0.3) is 0 Å². The molecule has 2 aromatic carbocycles. The summed E-state index contributed by atoms with van der Waals surface area (Å²) < 4.78 is 10.8. The van der Waals surface area contributed by atoms with Crippen LogP contribution in [0.3, 0.4) is 0 Å². The molecule has 7 heteroatoms. The smallest absolute Gasteiger partial charge is 0.231 e. The second kappa shape index (κ2) is 7.35. The Bertz CT molecular complexity index is 1170. The monoisotopic (exact) mass is 387 g/mol. The Balaban J connectivity index is 1.27. The van der Waals surface area contributed by atoms with Crippen LogP contribution in [0.25, 0.3) is 10.9 Å². The molecule has 0 bridgehead atoms.